The molecule has 1 aromatic rings. The van der Waals surface area contributed by atoms with E-state index in [0.717, 1.165) is 4.31 Å². The minimum atomic E-state index is -4.04. The van der Waals surface area contributed by atoms with E-state index in [1.165, 1.54) is 13.4 Å². The van der Waals surface area contributed by atoms with E-state index in [4.69, 9.17) is 14.7 Å². The van der Waals surface area contributed by atoms with Crippen LogP contribution in [0.1, 0.15) is 25.0 Å². The molecule has 0 aliphatic carbocycles. The fraction of sp³-hybridized carbons (Fsp3) is 0.529. The van der Waals surface area contributed by atoms with Crippen molar-refractivity contribution in [1.29, 1.82) is 5.26 Å². The summed E-state index contributed by atoms with van der Waals surface area (Å²) >= 11 is 0. The van der Waals surface area contributed by atoms with E-state index in [0.29, 0.717) is 16.9 Å². The van der Waals surface area contributed by atoms with Crippen LogP contribution < -0.4 is 4.74 Å². The van der Waals surface area contributed by atoms with E-state index >= 15 is 0 Å². The number of nitriles is 1. The number of hydrogen-bond donors (Lipinski definition) is 0. The Morgan fingerprint density at radius 3 is 2.42 bits per heavy atom. The van der Waals surface area contributed by atoms with Gasteiger partial charge in [-0.15, -0.1) is 5.26 Å². The molecule has 26 heavy (non-hydrogen) atoms. The highest BCUT2D eigenvalue weighted by Crippen LogP contribution is 2.32. The maximum absolute atomic E-state index is 13.4. The first-order chi connectivity index (χ1) is 12.0. The summed E-state index contributed by atoms with van der Waals surface area (Å²) in [4.78, 5) is 12.2. The van der Waals surface area contributed by atoms with Crippen LogP contribution in [0.3, 0.4) is 0 Å². The van der Waals surface area contributed by atoms with Crippen LogP contribution in [0.15, 0.2) is 17.0 Å². The molecule has 0 saturated carbocycles. The number of hydrogen-bond acceptors (Lipinski definition) is 7. The zero-order valence-electron chi connectivity index (χ0n) is 15.4. The number of aryl methyl sites for hydroxylation is 2. The maximum atomic E-state index is 13.4. The summed E-state index contributed by atoms with van der Waals surface area (Å²) in [7, 11) is -2.54. The molecule has 0 radical (unpaired) electrons. The molecule has 9 heteroatoms. The Kier molecular flexibility index (Phi) is 5.61. The highest BCUT2D eigenvalue weighted by Gasteiger charge is 2.46. The second kappa shape index (κ2) is 7.23. The molecular weight excluding hydrogens is 360 g/mol. The van der Waals surface area contributed by atoms with Crippen LogP contribution in [-0.2, 0) is 24.3 Å². The highest BCUT2D eigenvalue weighted by atomic mass is 32.2. The third kappa shape index (κ3) is 3.82. The summed E-state index contributed by atoms with van der Waals surface area (Å²) in [5, 5.41) is 8.61. The van der Waals surface area contributed by atoms with Crippen molar-refractivity contribution >= 4 is 16.0 Å². The third-order valence-electron chi connectivity index (χ3n) is 4.17. The van der Waals surface area contributed by atoms with Gasteiger partial charge in [-0.25, -0.2) is 13.2 Å². The van der Waals surface area contributed by atoms with Crippen molar-refractivity contribution < 1.29 is 27.4 Å². The number of benzene rings is 1. The molecule has 1 heterocycles. The molecule has 1 aliphatic heterocycles. The van der Waals surface area contributed by atoms with Gasteiger partial charge in [0.05, 0.1) is 24.2 Å². The van der Waals surface area contributed by atoms with Gasteiger partial charge in [0.2, 0.25) is 10.0 Å². The molecule has 1 fully saturated rings. The first-order valence-electron chi connectivity index (χ1n) is 7.94. The van der Waals surface area contributed by atoms with Crippen LogP contribution in [0.25, 0.3) is 0 Å². The molecule has 1 aromatic carbocycles. The monoisotopic (exact) mass is 382 g/mol. The molecule has 0 unspecified atom stereocenters. The molecule has 0 aromatic heterocycles. The van der Waals surface area contributed by atoms with Crippen LogP contribution in [0.4, 0.5) is 0 Å². The molecule has 0 N–H and O–H groups in total. The molecule has 0 spiro atoms. The summed E-state index contributed by atoms with van der Waals surface area (Å²) in [6.07, 6.45) is 1.29. The van der Waals surface area contributed by atoms with Gasteiger partial charge in [-0.3, -0.25) is 0 Å². The number of methoxy groups -OCH3 is 1. The van der Waals surface area contributed by atoms with Gasteiger partial charge in [0.15, 0.2) is 0 Å². The van der Waals surface area contributed by atoms with Crippen LogP contribution in [0, 0.1) is 25.4 Å². The Hall–Kier alpha value is -2.15. The Morgan fingerprint density at radius 2 is 1.92 bits per heavy atom. The number of nitrogens with zero attached hydrogens (tertiary/aromatic N) is 2. The van der Waals surface area contributed by atoms with Gasteiger partial charge in [0, 0.05) is 6.54 Å². The van der Waals surface area contributed by atoms with Gasteiger partial charge in [-0.1, -0.05) is 0 Å². The molecule has 142 valence electrons. The smallest absolute Gasteiger partial charge is 0.342 e. The van der Waals surface area contributed by atoms with E-state index in [1.54, 1.807) is 39.8 Å². The van der Waals surface area contributed by atoms with E-state index in [-0.39, 0.29) is 18.0 Å². The van der Waals surface area contributed by atoms with E-state index in [2.05, 4.69) is 4.74 Å². The van der Waals surface area contributed by atoms with Gasteiger partial charge in [-0.05, 0) is 51.0 Å². The zero-order valence-corrected chi connectivity index (χ0v) is 16.2. The number of ether oxygens (including phenoxy) is 3. The normalized spacial score (nSPS) is 20.2. The Bertz CT molecular complexity index is 833. The average molecular weight is 382 g/mol. The SMILES string of the molecule is COc1cc(C)c(S(=O)(=O)N2CC(C)(C)OC[C@H]2C(=O)OC#N)c(C)c1. The Morgan fingerprint density at radius 1 is 1.35 bits per heavy atom. The van der Waals surface area contributed by atoms with Crippen molar-refractivity contribution in [3.05, 3.63) is 23.3 Å². The predicted molar refractivity (Wildman–Crippen MR) is 91.9 cm³/mol. The van der Waals surface area contributed by atoms with Crippen LogP contribution in [0.5, 0.6) is 5.75 Å². The summed E-state index contributed by atoms with van der Waals surface area (Å²) < 4.78 is 42.9. The predicted octanol–water partition coefficient (Wildman–Crippen LogP) is 1.50. The summed E-state index contributed by atoms with van der Waals surface area (Å²) in [5.74, 6) is -0.419. The minimum Gasteiger partial charge on any atom is -0.497 e. The van der Waals surface area contributed by atoms with Crippen molar-refractivity contribution in [3.8, 4) is 12.0 Å². The summed E-state index contributed by atoms with van der Waals surface area (Å²) in [6.45, 7) is 6.55. The molecule has 1 saturated heterocycles. The number of sulfonamides is 1. The number of carbonyl (C=O) groups excluding carboxylic acids is 1. The number of esters is 1. The lowest BCUT2D eigenvalue weighted by Gasteiger charge is -2.41. The fourth-order valence-corrected chi connectivity index (χ4v) is 5.15. The standard InChI is InChI=1S/C17H22N2O6S/c1-11-6-13(23-5)7-12(2)15(11)26(21,22)19-9-17(3,4)25-8-14(19)16(20)24-10-18/h6-7,14H,8-9H2,1-5H3/t14-/m0/s1. The van der Waals surface area contributed by atoms with Crippen molar-refractivity contribution in [2.75, 3.05) is 20.3 Å². The maximum Gasteiger partial charge on any atom is 0.342 e. The molecule has 8 nitrogen and oxygen atoms in total. The van der Waals surface area contributed by atoms with Crippen LogP contribution >= 0.6 is 0 Å². The second-order valence-corrected chi connectivity index (χ2v) is 8.57. The lowest BCUT2D eigenvalue weighted by atomic mass is 10.1. The first kappa shape index (κ1) is 20.2. The van der Waals surface area contributed by atoms with E-state index < -0.39 is 27.6 Å². The van der Waals surface area contributed by atoms with Gasteiger partial charge in [0.25, 0.3) is 6.26 Å². The Labute approximate surface area is 153 Å². The van der Waals surface area contributed by atoms with Crippen molar-refractivity contribution in [3.63, 3.8) is 0 Å². The lowest BCUT2D eigenvalue weighted by Crippen LogP contribution is -2.59. The fourth-order valence-electron chi connectivity index (χ4n) is 3.02. The topological polar surface area (TPSA) is 106 Å². The van der Waals surface area contributed by atoms with Crippen molar-refractivity contribution in [2.45, 2.75) is 44.2 Å². The number of carbonyl (C=O) groups is 1. The van der Waals surface area contributed by atoms with Crippen LogP contribution in [0.2, 0.25) is 0 Å². The lowest BCUT2D eigenvalue weighted by molar-refractivity contribution is -0.154. The quantitative estimate of drug-likeness (QED) is 0.574. The second-order valence-electron chi connectivity index (χ2n) is 6.74. The van der Waals surface area contributed by atoms with Gasteiger partial charge < -0.3 is 14.2 Å². The molecule has 0 bridgehead atoms. The number of morpholine rings is 1. The zero-order chi connectivity index (χ0) is 19.7. The number of rotatable bonds is 4. The largest absolute Gasteiger partial charge is 0.497 e. The molecule has 2 rings (SSSR count). The summed E-state index contributed by atoms with van der Waals surface area (Å²) in [5.41, 5.74) is 0.210. The van der Waals surface area contributed by atoms with E-state index in [9.17, 15) is 13.2 Å². The summed E-state index contributed by atoms with van der Waals surface area (Å²) in [6, 6.07) is 2.01. The van der Waals surface area contributed by atoms with Crippen molar-refractivity contribution in [2.24, 2.45) is 0 Å². The first-order valence-corrected chi connectivity index (χ1v) is 9.38. The molecule has 1 atom stereocenters. The van der Waals surface area contributed by atoms with Crippen LogP contribution in [-0.4, -0.2) is 50.6 Å². The van der Waals surface area contributed by atoms with E-state index in [1.807, 2.05) is 0 Å². The van der Waals surface area contributed by atoms with Gasteiger partial charge in [-0.2, -0.15) is 4.31 Å². The third-order valence-corrected chi connectivity index (χ3v) is 6.33. The molecular formula is C17H22N2O6S. The highest BCUT2D eigenvalue weighted by molar-refractivity contribution is 7.89. The van der Waals surface area contributed by atoms with Gasteiger partial charge in [0.1, 0.15) is 11.8 Å². The average Bonchev–Trinajstić information content (AvgIpc) is 2.53. The molecule has 1 aliphatic rings. The van der Waals surface area contributed by atoms with Gasteiger partial charge >= 0.3 is 5.97 Å². The minimum absolute atomic E-state index is 0.0502. The molecule has 0 amide bonds. The Balaban J connectivity index is 2.56. The van der Waals surface area contributed by atoms with Crippen molar-refractivity contribution in [1.82, 2.24) is 4.31 Å².